The van der Waals surface area contributed by atoms with Gasteiger partial charge in [-0.05, 0) is 61.4 Å². The van der Waals surface area contributed by atoms with E-state index < -0.39 is 0 Å². The van der Waals surface area contributed by atoms with Crippen LogP contribution in [0.1, 0.15) is 13.8 Å². The number of halogens is 2. The van der Waals surface area contributed by atoms with Crippen LogP contribution < -0.4 is 9.47 Å². The lowest BCUT2D eigenvalue weighted by Gasteiger charge is -2.15. The van der Waals surface area contributed by atoms with Gasteiger partial charge in [0, 0.05) is 57.4 Å². The molecule has 0 unspecified atom stereocenters. The third kappa shape index (κ3) is 7.54. The zero-order valence-corrected chi connectivity index (χ0v) is 30.2. The normalized spacial score (nSPS) is 11.2. The molecule has 0 radical (unpaired) electrons. The maximum atomic E-state index is 13.8. The molecule has 0 aliphatic rings. The van der Waals surface area contributed by atoms with Crippen molar-refractivity contribution in [2.75, 3.05) is 26.8 Å². The predicted octanol–water partition coefficient (Wildman–Crippen LogP) is 12.2. The number of nitrogens with zero attached hydrogens (tertiary/aromatic N) is 1. The molecule has 7 aromatic rings. The first kappa shape index (κ1) is 35.2. The molecule has 0 N–H and O–H groups in total. The van der Waals surface area contributed by atoms with Crippen LogP contribution in [-0.4, -0.2) is 31.8 Å². The van der Waals surface area contributed by atoms with Crippen LogP contribution in [0, 0.1) is 11.6 Å². The summed E-state index contributed by atoms with van der Waals surface area (Å²) in [5.41, 5.74) is 8.81. The summed E-state index contributed by atoms with van der Waals surface area (Å²) in [5.74, 6) is 0.757. The van der Waals surface area contributed by atoms with Crippen molar-refractivity contribution in [1.29, 1.82) is 0 Å². The van der Waals surface area contributed by atoms with Gasteiger partial charge in [0.25, 0.3) is 0 Å². The Labute approximate surface area is 309 Å². The second-order valence-electron chi connectivity index (χ2n) is 11.6. The molecule has 52 heavy (non-hydrogen) atoms. The predicted molar refractivity (Wildman–Crippen MR) is 207 cm³/mol. The van der Waals surface area contributed by atoms with Gasteiger partial charge >= 0.3 is 0 Å². The molecular formula is C43H35F2NO4S2. The lowest BCUT2D eigenvalue weighted by atomic mass is 9.98. The molecule has 0 spiro atoms. The minimum absolute atomic E-state index is 0.0863. The Bertz CT molecular complexity index is 2110. The maximum absolute atomic E-state index is 13.8. The van der Waals surface area contributed by atoms with E-state index in [9.17, 15) is 8.78 Å². The molecule has 7 rings (SSSR count). The van der Waals surface area contributed by atoms with E-state index in [2.05, 4.69) is 24.3 Å². The Morgan fingerprint density at radius 3 is 1.29 bits per heavy atom. The van der Waals surface area contributed by atoms with Gasteiger partial charge < -0.3 is 18.9 Å². The number of benzene rings is 4. The fourth-order valence-electron chi connectivity index (χ4n) is 5.92. The Morgan fingerprint density at radius 2 is 0.885 bits per heavy atom. The van der Waals surface area contributed by atoms with Gasteiger partial charge in [-0.1, -0.05) is 78.9 Å². The summed E-state index contributed by atoms with van der Waals surface area (Å²) < 4.78 is 51.3. The van der Waals surface area contributed by atoms with Crippen LogP contribution in [0.25, 0.3) is 65.6 Å². The van der Waals surface area contributed by atoms with E-state index >= 15 is 0 Å². The van der Waals surface area contributed by atoms with Crippen molar-refractivity contribution >= 4 is 22.7 Å². The number of thiophene rings is 2. The second-order valence-corrected chi connectivity index (χ2v) is 13.4. The van der Waals surface area contributed by atoms with Crippen molar-refractivity contribution in [3.05, 3.63) is 138 Å². The topological polar surface area (TPSA) is 49.8 Å². The summed E-state index contributed by atoms with van der Waals surface area (Å²) in [5, 5.41) is 4.07. The van der Waals surface area contributed by atoms with E-state index in [4.69, 9.17) is 23.9 Å². The number of pyridine rings is 1. The van der Waals surface area contributed by atoms with Crippen molar-refractivity contribution in [2.24, 2.45) is 0 Å². The molecular weight excluding hydrogens is 697 g/mol. The monoisotopic (exact) mass is 731 g/mol. The molecule has 0 saturated carbocycles. The zero-order valence-electron chi connectivity index (χ0n) is 28.6. The molecule has 0 saturated heterocycles. The lowest BCUT2D eigenvalue weighted by molar-refractivity contribution is 0.0231. The summed E-state index contributed by atoms with van der Waals surface area (Å²) in [6.45, 7) is 5.04. The Hall–Kier alpha value is -5.19. The largest absolute Gasteiger partial charge is 0.465 e. The van der Waals surface area contributed by atoms with E-state index in [0.717, 1.165) is 65.6 Å². The summed E-state index contributed by atoms with van der Waals surface area (Å²) in [6, 6.07) is 35.1. The van der Waals surface area contributed by atoms with Gasteiger partial charge in [0.2, 0.25) is 0 Å². The van der Waals surface area contributed by atoms with Crippen LogP contribution in [0.4, 0.5) is 8.78 Å². The van der Waals surface area contributed by atoms with Gasteiger partial charge in [0.15, 0.2) is 13.6 Å². The molecule has 9 heteroatoms. The minimum Gasteiger partial charge on any atom is -0.465 e. The summed E-state index contributed by atoms with van der Waals surface area (Å²) in [4.78, 5) is 7.08. The fourth-order valence-corrected chi connectivity index (χ4v) is 8.04. The van der Waals surface area contributed by atoms with Gasteiger partial charge in [-0.3, -0.25) is 0 Å². The summed E-state index contributed by atoms with van der Waals surface area (Å²) in [7, 11) is 0. The highest BCUT2D eigenvalue weighted by Crippen LogP contribution is 2.49. The number of hydrogen-bond acceptors (Lipinski definition) is 7. The van der Waals surface area contributed by atoms with Gasteiger partial charge in [-0.25, -0.2) is 13.8 Å². The van der Waals surface area contributed by atoms with E-state index in [1.165, 1.54) is 24.3 Å². The number of aromatic nitrogens is 1. The second kappa shape index (κ2) is 16.4. The molecule has 0 aliphatic heterocycles. The van der Waals surface area contributed by atoms with Crippen LogP contribution in [0.3, 0.4) is 0 Å². The van der Waals surface area contributed by atoms with Gasteiger partial charge in [-0.2, -0.15) is 0 Å². The standard InChI is InChI=1S/C43H35F2NO4S2/c1-3-47-26-49-40-36(28-16-20-30(44)21-17-28)24-51-42(40)34-12-7-5-10-32(34)38-14-9-15-39(46-38)33-11-6-8-13-35(33)43-41(50-27-48-4-2)37(25-52-43)29-18-22-31(45)23-19-29/h5-25H,3-4,26-27H2,1-2H3. The number of hydrogen-bond donors (Lipinski definition) is 0. The quantitative estimate of drug-likeness (QED) is 0.0823. The molecule has 262 valence electrons. The van der Waals surface area contributed by atoms with Crippen LogP contribution in [0.5, 0.6) is 11.5 Å². The Kier molecular flexibility index (Phi) is 11.1. The first-order valence-corrected chi connectivity index (χ1v) is 18.6. The molecule has 0 fully saturated rings. The smallest absolute Gasteiger partial charge is 0.189 e. The third-order valence-electron chi connectivity index (χ3n) is 8.43. The minimum atomic E-state index is -0.296. The molecule has 3 aromatic heterocycles. The Balaban J connectivity index is 1.30. The summed E-state index contributed by atoms with van der Waals surface area (Å²) >= 11 is 3.12. The van der Waals surface area contributed by atoms with Crippen molar-refractivity contribution in [3.63, 3.8) is 0 Å². The fraction of sp³-hybridized carbons (Fsp3) is 0.140. The highest BCUT2D eigenvalue weighted by Gasteiger charge is 2.22. The summed E-state index contributed by atoms with van der Waals surface area (Å²) in [6.07, 6.45) is 0. The number of rotatable bonds is 14. The SMILES string of the molecule is CCOCOc1c(-c2ccc(F)cc2)csc1-c1ccccc1-c1cccc(-c2ccccc2-c2scc(-c3ccc(F)cc3)c2OCOCC)n1. The van der Waals surface area contributed by atoms with Gasteiger partial charge in [0.05, 0.1) is 21.1 Å². The first-order chi connectivity index (χ1) is 25.6. The van der Waals surface area contributed by atoms with E-state index in [-0.39, 0.29) is 25.2 Å². The van der Waals surface area contributed by atoms with Crippen molar-refractivity contribution in [2.45, 2.75) is 13.8 Å². The van der Waals surface area contributed by atoms with Crippen LogP contribution in [-0.2, 0) is 9.47 Å². The highest BCUT2D eigenvalue weighted by atomic mass is 32.1. The third-order valence-corrected chi connectivity index (χ3v) is 10.4. The molecule has 0 atom stereocenters. The lowest BCUT2D eigenvalue weighted by Crippen LogP contribution is -2.03. The van der Waals surface area contributed by atoms with Crippen molar-refractivity contribution in [1.82, 2.24) is 4.98 Å². The molecule has 0 aliphatic carbocycles. The van der Waals surface area contributed by atoms with Crippen LogP contribution in [0.15, 0.2) is 126 Å². The maximum Gasteiger partial charge on any atom is 0.189 e. The molecule has 3 heterocycles. The number of ether oxygens (including phenoxy) is 4. The van der Waals surface area contributed by atoms with Gasteiger partial charge in [0.1, 0.15) is 23.1 Å². The zero-order chi connectivity index (χ0) is 35.9. The van der Waals surface area contributed by atoms with Crippen molar-refractivity contribution < 1.29 is 27.7 Å². The van der Waals surface area contributed by atoms with E-state index in [1.807, 2.05) is 67.1 Å². The molecule has 4 aromatic carbocycles. The first-order valence-electron chi connectivity index (χ1n) is 16.9. The Morgan fingerprint density at radius 1 is 0.481 bits per heavy atom. The highest BCUT2D eigenvalue weighted by molar-refractivity contribution is 7.15. The molecule has 0 bridgehead atoms. The van der Waals surface area contributed by atoms with Crippen molar-refractivity contribution in [3.8, 4) is 77.1 Å². The molecule has 5 nitrogen and oxygen atoms in total. The average Bonchev–Trinajstić information content (AvgIpc) is 3.80. The van der Waals surface area contributed by atoms with E-state index in [0.29, 0.717) is 24.7 Å². The van der Waals surface area contributed by atoms with Gasteiger partial charge in [-0.15, -0.1) is 22.7 Å². The average molecular weight is 732 g/mol. The van der Waals surface area contributed by atoms with Crippen LogP contribution >= 0.6 is 22.7 Å². The molecule has 0 amide bonds. The van der Waals surface area contributed by atoms with E-state index in [1.54, 1.807) is 46.9 Å². The van der Waals surface area contributed by atoms with Crippen LogP contribution in [0.2, 0.25) is 0 Å².